The van der Waals surface area contributed by atoms with Gasteiger partial charge in [-0.15, -0.1) is 0 Å². The summed E-state index contributed by atoms with van der Waals surface area (Å²) in [6, 6.07) is 12.6. The van der Waals surface area contributed by atoms with E-state index in [1.54, 1.807) is 38.4 Å². The number of aryl methyl sites for hydroxylation is 1. The summed E-state index contributed by atoms with van der Waals surface area (Å²) in [4.78, 5) is 13.5. The molecular weight excluding hydrogens is 302 g/mol. The lowest BCUT2D eigenvalue weighted by atomic mass is 10.2. The van der Waals surface area contributed by atoms with Crippen molar-refractivity contribution in [2.45, 2.75) is 11.8 Å². The predicted octanol–water partition coefficient (Wildman–Crippen LogP) is 2.46. The van der Waals surface area contributed by atoms with Gasteiger partial charge in [0.2, 0.25) is 0 Å². The zero-order chi connectivity index (χ0) is 16.3. The Morgan fingerprint density at radius 3 is 2.18 bits per heavy atom. The van der Waals surface area contributed by atoms with Crippen molar-refractivity contribution >= 4 is 16.0 Å². The first-order chi connectivity index (χ1) is 10.3. The van der Waals surface area contributed by atoms with Gasteiger partial charge in [-0.3, -0.25) is 4.79 Å². The van der Waals surface area contributed by atoms with Gasteiger partial charge in [-0.2, -0.15) is 8.42 Å². The number of rotatable bonds is 4. The summed E-state index contributed by atoms with van der Waals surface area (Å²) < 4.78 is 29.8. The Balaban J connectivity index is 2.38. The molecule has 6 heteroatoms. The molecule has 2 rings (SSSR count). The number of amides is 1. The normalized spacial score (nSPS) is 11.0. The molecule has 0 aliphatic rings. The number of hydrogen-bond acceptors (Lipinski definition) is 4. The quantitative estimate of drug-likeness (QED) is 0.812. The fourth-order valence-corrected chi connectivity index (χ4v) is 2.78. The number of carbonyl (C=O) groups excluding carboxylic acids is 1. The van der Waals surface area contributed by atoms with Gasteiger partial charge in [0.25, 0.3) is 5.91 Å². The van der Waals surface area contributed by atoms with Crippen LogP contribution in [0, 0.1) is 6.92 Å². The molecule has 0 saturated heterocycles. The van der Waals surface area contributed by atoms with E-state index in [2.05, 4.69) is 0 Å². The maximum atomic E-state index is 12.3. The minimum Gasteiger partial charge on any atom is -0.378 e. The van der Waals surface area contributed by atoms with Gasteiger partial charge in [-0.05, 0) is 31.2 Å². The van der Waals surface area contributed by atoms with Crippen molar-refractivity contribution in [3.63, 3.8) is 0 Å². The summed E-state index contributed by atoms with van der Waals surface area (Å²) in [6.07, 6.45) is 0. The van der Waals surface area contributed by atoms with Crippen LogP contribution < -0.4 is 4.18 Å². The molecule has 0 bridgehead atoms. The third-order valence-corrected chi connectivity index (χ3v) is 4.28. The van der Waals surface area contributed by atoms with Crippen LogP contribution in [0.3, 0.4) is 0 Å². The first kappa shape index (κ1) is 16.0. The fraction of sp³-hybridized carbons (Fsp3) is 0.188. The number of carbonyl (C=O) groups is 1. The van der Waals surface area contributed by atoms with Crippen molar-refractivity contribution in [3.8, 4) is 5.75 Å². The van der Waals surface area contributed by atoms with E-state index >= 15 is 0 Å². The maximum Gasteiger partial charge on any atom is 0.339 e. The Hall–Kier alpha value is -2.34. The van der Waals surface area contributed by atoms with Crippen LogP contribution in [0.2, 0.25) is 0 Å². The van der Waals surface area contributed by atoms with Crippen molar-refractivity contribution in [2.24, 2.45) is 0 Å². The van der Waals surface area contributed by atoms with Crippen LogP contribution in [0.4, 0.5) is 0 Å². The van der Waals surface area contributed by atoms with Gasteiger partial charge in [0.1, 0.15) is 4.90 Å². The first-order valence-corrected chi connectivity index (χ1v) is 8.04. The molecule has 0 aliphatic heterocycles. The van der Waals surface area contributed by atoms with E-state index in [1.165, 1.54) is 29.2 Å². The smallest absolute Gasteiger partial charge is 0.339 e. The molecule has 0 saturated carbocycles. The summed E-state index contributed by atoms with van der Waals surface area (Å²) >= 11 is 0. The summed E-state index contributed by atoms with van der Waals surface area (Å²) in [7, 11) is -0.801. The Morgan fingerprint density at radius 1 is 1.00 bits per heavy atom. The zero-order valence-corrected chi connectivity index (χ0v) is 13.4. The highest BCUT2D eigenvalue weighted by atomic mass is 32.2. The molecule has 2 aromatic carbocycles. The molecule has 0 N–H and O–H groups in total. The summed E-state index contributed by atoms with van der Waals surface area (Å²) in [5.41, 5.74) is 1.14. The molecule has 0 atom stereocenters. The van der Waals surface area contributed by atoms with Crippen molar-refractivity contribution < 1.29 is 17.4 Å². The molecule has 0 unspecified atom stereocenters. The SMILES string of the molecule is Cc1ccc(S(=O)(=O)Oc2ccccc2C(=O)N(C)C)cc1. The summed E-state index contributed by atoms with van der Waals surface area (Å²) in [5, 5.41) is 0. The highest BCUT2D eigenvalue weighted by Crippen LogP contribution is 2.24. The van der Waals surface area contributed by atoms with Crippen LogP contribution in [0.25, 0.3) is 0 Å². The van der Waals surface area contributed by atoms with Crippen LogP contribution in [0.5, 0.6) is 5.75 Å². The number of benzene rings is 2. The average molecular weight is 319 g/mol. The third-order valence-electron chi connectivity index (χ3n) is 3.03. The first-order valence-electron chi connectivity index (χ1n) is 6.63. The Bertz CT molecular complexity index is 780. The highest BCUT2D eigenvalue weighted by molar-refractivity contribution is 7.87. The van der Waals surface area contributed by atoms with Crippen LogP contribution in [0.1, 0.15) is 15.9 Å². The van der Waals surface area contributed by atoms with Crippen molar-refractivity contribution in [1.29, 1.82) is 0 Å². The molecule has 1 amide bonds. The van der Waals surface area contributed by atoms with E-state index in [0.717, 1.165) is 5.56 Å². The van der Waals surface area contributed by atoms with Crippen LogP contribution in [-0.4, -0.2) is 33.3 Å². The van der Waals surface area contributed by atoms with Gasteiger partial charge in [0.15, 0.2) is 5.75 Å². The Morgan fingerprint density at radius 2 is 1.59 bits per heavy atom. The van der Waals surface area contributed by atoms with E-state index in [4.69, 9.17) is 4.18 Å². The molecule has 0 aromatic heterocycles. The van der Waals surface area contributed by atoms with Crippen LogP contribution in [0.15, 0.2) is 53.4 Å². The molecule has 0 aliphatic carbocycles. The number of hydrogen-bond donors (Lipinski definition) is 0. The molecule has 0 radical (unpaired) electrons. The second-order valence-corrected chi connectivity index (χ2v) is 6.59. The summed E-state index contributed by atoms with van der Waals surface area (Å²) in [5.74, 6) is -0.309. The minimum atomic E-state index is -3.98. The van der Waals surface area contributed by atoms with Gasteiger partial charge in [0, 0.05) is 14.1 Å². The Labute approximate surface area is 130 Å². The second kappa shape index (κ2) is 6.19. The van der Waals surface area contributed by atoms with Crippen LogP contribution in [-0.2, 0) is 10.1 Å². The van der Waals surface area contributed by atoms with E-state index in [-0.39, 0.29) is 22.1 Å². The molecule has 0 heterocycles. The van der Waals surface area contributed by atoms with E-state index in [9.17, 15) is 13.2 Å². The number of nitrogens with zero attached hydrogens (tertiary/aromatic N) is 1. The predicted molar refractivity (Wildman–Crippen MR) is 83.5 cm³/mol. The maximum absolute atomic E-state index is 12.3. The van der Waals surface area contributed by atoms with Gasteiger partial charge < -0.3 is 9.08 Å². The monoisotopic (exact) mass is 319 g/mol. The zero-order valence-electron chi connectivity index (χ0n) is 12.6. The molecule has 22 heavy (non-hydrogen) atoms. The van der Waals surface area contributed by atoms with Crippen LogP contribution >= 0.6 is 0 Å². The summed E-state index contributed by atoms with van der Waals surface area (Å²) in [6.45, 7) is 1.86. The van der Waals surface area contributed by atoms with E-state index < -0.39 is 10.1 Å². The second-order valence-electron chi connectivity index (χ2n) is 5.05. The fourth-order valence-electron chi connectivity index (χ4n) is 1.83. The van der Waals surface area contributed by atoms with E-state index in [1.807, 2.05) is 6.92 Å². The lowest BCUT2D eigenvalue weighted by Gasteiger charge is -2.14. The van der Waals surface area contributed by atoms with Gasteiger partial charge in [0.05, 0.1) is 5.56 Å². The van der Waals surface area contributed by atoms with Gasteiger partial charge in [-0.1, -0.05) is 29.8 Å². The number of para-hydroxylation sites is 1. The third kappa shape index (κ3) is 3.46. The lowest BCUT2D eigenvalue weighted by Crippen LogP contribution is -2.23. The molecule has 0 spiro atoms. The Kier molecular flexibility index (Phi) is 4.51. The largest absolute Gasteiger partial charge is 0.378 e. The molecule has 2 aromatic rings. The molecular formula is C16H17NO4S. The standard InChI is InChI=1S/C16H17NO4S/c1-12-8-10-13(11-9-12)22(19,20)21-15-7-5-4-6-14(15)16(18)17(2)3/h4-11H,1-3H3. The van der Waals surface area contributed by atoms with Crippen molar-refractivity contribution in [2.75, 3.05) is 14.1 Å². The van der Waals surface area contributed by atoms with Crippen molar-refractivity contribution in [1.82, 2.24) is 4.90 Å². The van der Waals surface area contributed by atoms with E-state index in [0.29, 0.717) is 0 Å². The molecule has 116 valence electrons. The van der Waals surface area contributed by atoms with Crippen molar-refractivity contribution in [3.05, 3.63) is 59.7 Å². The van der Waals surface area contributed by atoms with Gasteiger partial charge >= 0.3 is 10.1 Å². The average Bonchev–Trinajstić information content (AvgIpc) is 2.47. The van der Waals surface area contributed by atoms with Gasteiger partial charge in [-0.25, -0.2) is 0 Å². The highest BCUT2D eigenvalue weighted by Gasteiger charge is 2.21. The topological polar surface area (TPSA) is 63.7 Å². The minimum absolute atomic E-state index is 0.0155. The lowest BCUT2D eigenvalue weighted by molar-refractivity contribution is 0.0826. The molecule has 0 fully saturated rings. The molecule has 5 nitrogen and oxygen atoms in total.